The highest BCUT2D eigenvalue weighted by molar-refractivity contribution is 5.40. The van der Waals surface area contributed by atoms with Crippen LogP contribution >= 0.6 is 0 Å². The first-order chi connectivity index (χ1) is 9.69. The number of hydrogen-bond acceptors (Lipinski definition) is 3. The lowest BCUT2D eigenvalue weighted by Gasteiger charge is -2.23. The molecule has 0 aliphatic rings. The van der Waals surface area contributed by atoms with Crippen LogP contribution in [0.1, 0.15) is 32.8 Å². The Morgan fingerprint density at radius 2 is 1.55 bits per heavy atom. The first-order valence-corrected chi connectivity index (χ1v) is 7.98. The van der Waals surface area contributed by atoms with E-state index in [9.17, 15) is 0 Å². The van der Waals surface area contributed by atoms with Crippen molar-refractivity contribution < 1.29 is 0 Å². The number of benzene rings is 1. The van der Waals surface area contributed by atoms with Crippen molar-refractivity contribution in [3.8, 4) is 0 Å². The molecule has 0 amide bonds. The van der Waals surface area contributed by atoms with E-state index in [1.807, 2.05) is 12.1 Å². The van der Waals surface area contributed by atoms with Crippen molar-refractivity contribution >= 4 is 5.69 Å². The number of likely N-dealkylation sites (N-methyl/N-ethyl adjacent to an activating group) is 1. The van der Waals surface area contributed by atoms with Crippen LogP contribution in [0.3, 0.4) is 0 Å². The molecule has 1 aromatic rings. The van der Waals surface area contributed by atoms with Gasteiger partial charge in [-0.25, -0.2) is 0 Å². The van der Waals surface area contributed by atoms with E-state index in [0.717, 1.165) is 38.3 Å². The van der Waals surface area contributed by atoms with Gasteiger partial charge in [0.25, 0.3) is 0 Å². The Bertz CT molecular complexity index is 361. The summed E-state index contributed by atoms with van der Waals surface area (Å²) in [4.78, 5) is 5.03. The zero-order valence-corrected chi connectivity index (χ0v) is 13.4. The van der Waals surface area contributed by atoms with Gasteiger partial charge in [-0.15, -0.1) is 0 Å². The van der Waals surface area contributed by atoms with Crippen molar-refractivity contribution in [2.45, 2.75) is 33.6 Å². The Morgan fingerprint density at radius 1 is 0.900 bits per heavy atom. The quantitative estimate of drug-likeness (QED) is 0.668. The summed E-state index contributed by atoms with van der Waals surface area (Å²) >= 11 is 0. The van der Waals surface area contributed by atoms with Gasteiger partial charge in [0.1, 0.15) is 0 Å². The molecule has 0 aliphatic carbocycles. The average Bonchev–Trinajstić information content (AvgIpc) is 2.47. The molecule has 2 N–H and O–H groups in total. The summed E-state index contributed by atoms with van der Waals surface area (Å²) in [6.45, 7) is 13.7. The fourth-order valence-electron chi connectivity index (χ4n) is 2.52. The molecular weight excluding hydrogens is 246 g/mol. The normalized spacial score (nSPS) is 11.4. The molecule has 3 nitrogen and oxygen atoms in total. The molecule has 0 aromatic heterocycles. The Hall–Kier alpha value is -1.06. The number of hydrogen-bond donors (Lipinski definition) is 1. The highest BCUT2D eigenvalue weighted by Gasteiger charge is 2.05. The van der Waals surface area contributed by atoms with Gasteiger partial charge in [0.05, 0.1) is 0 Å². The third-order valence-corrected chi connectivity index (χ3v) is 3.96. The van der Waals surface area contributed by atoms with Gasteiger partial charge in [-0.2, -0.15) is 0 Å². The monoisotopic (exact) mass is 277 g/mol. The molecule has 0 saturated carbocycles. The summed E-state index contributed by atoms with van der Waals surface area (Å²) in [5.41, 5.74) is 8.03. The van der Waals surface area contributed by atoms with Crippen LogP contribution in [0.25, 0.3) is 0 Å². The zero-order valence-electron chi connectivity index (χ0n) is 13.4. The summed E-state index contributed by atoms with van der Waals surface area (Å²) < 4.78 is 0. The van der Waals surface area contributed by atoms with Crippen molar-refractivity contribution in [2.75, 3.05) is 45.0 Å². The van der Waals surface area contributed by atoms with E-state index >= 15 is 0 Å². The highest BCUT2D eigenvalue weighted by atomic mass is 15.1. The third kappa shape index (κ3) is 6.40. The maximum Gasteiger partial charge on any atom is 0.0316 e. The number of anilines is 1. The molecule has 20 heavy (non-hydrogen) atoms. The second-order valence-corrected chi connectivity index (χ2v) is 5.31. The van der Waals surface area contributed by atoms with Crippen LogP contribution < -0.4 is 5.73 Å². The van der Waals surface area contributed by atoms with E-state index in [-0.39, 0.29) is 0 Å². The smallest absolute Gasteiger partial charge is 0.0316 e. The minimum Gasteiger partial charge on any atom is -0.399 e. The van der Waals surface area contributed by atoms with Gasteiger partial charge in [-0.05, 0) is 63.3 Å². The summed E-state index contributed by atoms with van der Waals surface area (Å²) in [5, 5.41) is 0. The second-order valence-electron chi connectivity index (χ2n) is 5.31. The molecule has 0 aliphatic heterocycles. The van der Waals surface area contributed by atoms with E-state index in [2.05, 4.69) is 42.7 Å². The third-order valence-electron chi connectivity index (χ3n) is 3.96. The van der Waals surface area contributed by atoms with E-state index in [4.69, 9.17) is 5.73 Å². The van der Waals surface area contributed by atoms with E-state index in [1.54, 1.807) is 0 Å². The van der Waals surface area contributed by atoms with Crippen LogP contribution in [-0.4, -0.2) is 49.1 Å². The van der Waals surface area contributed by atoms with Gasteiger partial charge in [-0.3, -0.25) is 0 Å². The Morgan fingerprint density at radius 3 is 2.15 bits per heavy atom. The topological polar surface area (TPSA) is 32.5 Å². The van der Waals surface area contributed by atoms with Crippen LogP contribution in [0.5, 0.6) is 0 Å². The average molecular weight is 277 g/mol. The van der Waals surface area contributed by atoms with Crippen LogP contribution in [-0.2, 0) is 6.42 Å². The van der Waals surface area contributed by atoms with Crippen molar-refractivity contribution in [1.82, 2.24) is 9.80 Å². The Labute approximate surface area is 124 Å². The summed E-state index contributed by atoms with van der Waals surface area (Å²) in [5.74, 6) is 0. The minimum atomic E-state index is 0.868. The van der Waals surface area contributed by atoms with Gasteiger partial charge in [0.2, 0.25) is 0 Å². The standard InChI is InChI=1S/C17H31N3/c1-4-19(5-2)12-8-13-20(6-3)14-11-16-9-7-10-17(18)15-16/h7,9-10,15H,4-6,8,11-14,18H2,1-3H3. The predicted octanol–water partition coefficient (Wildman–Crippen LogP) is 2.87. The van der Waals surface area contributed by atoms with Crippen molar-refractivity contribution in [3.63, 3.8) is 0 Å². The summed E-state index contributed by atoms with van der Waals surface area (Å²) in [6.07, 6.45) is 2.34. The van der Waals surface area contributed by atoms with Gasteiger partial charge < -0.3 is 15.5 Å². The van der Waals surface area contributed by atoms with Gasteiger partial charge in [0, 0.05) is 12.2 Å². The fourth-order valence-corrected chi connectivity index (χ4v) is 2.52. The van der Waals surface area contributed by atoms with Crippen molar-refractivity contribution in [2.24, 2.45) is 0 Å². The lowest BCUT2D eigenvalue weighted by atomic mass is 10.1. The maximum absolute atomic E-state index is 5.82. The number of rotatable bonds is 10. The molecule has 114 valence electrons. The molecule has 0 spiro atoms. The molecule has 0 radical (unpaired) electrons. The first kappa shape index (κ1) is 17.0. The van der Waals surface area contributed by atoms with Crippen LogP contribution in [0, 0.1) is 0 Å². The van der Waals surface area contributed by atoms with Crippen LogP contribution in [0.2, 0.25) is 0 Å². The molecule has 0 saturated heterocycles. The fraction of sp³-hybridized carbons (Fsp3) is 0.647. The SMILES string of the molecule is CCN(CC)CCCN(CC)CCc1cccc(N)c1. The van der Waals surface area contributed by atoms with Crippen molar-refractivity contribution in [3.05, 3.63) is 29.8 Å². The summed E-state index contributed by atoms with van der Waals surface area (Å²) in [6, 6.07) is 8.25. The number of nitrogens with two attached hydrogens (primary N) is 1. The number of nitrogen functional groups attached to an aromatic ring is 1. The van der Waals surface area contributed by atoms with Crippen molar-refractivity contribution in [1.29, 1.82) is 0 Å². The lowest BCUT2D eigenvalue weighted by molar-refractivity contribution is 0.245. The highest BCUT2D eigenvalue weighted by Crippen LogP contribution is 2.08. The van der Waals surface area contributed by atoms with Gasteiger partial charge >= 0.3 is 0 Å². The molecule has 0 heterocycles. The first-order valence-electron chi connectivity index (χ1n) is 7.98. The summed E-state index contributed by atoms with van der Waals surface area (Å²) in [7, 11) is 0. The van der Waals surface area contributed by atoms with Crippen LogP contribution in [0.15, 0.2) is 24.3 Å². The zero-order chi connectivity index (χ0) is 14.8. The minimum absolute atomic E-state index is 0.868. The molecule has 0 unspecified atom stereocenters. The second kappa shape index (κ2) is 9.78. The lowest BCUT2D eigenvalue weighted by Crippen LogP contribution is -2.31. The Balaban J connectivity index is 2.29. The van der Waals surface area contributed by atoms with E-state index in [1.165, 1.54) is 25.1 Å². The maximum atomic E-state index is 5.82. The van der Waals surface area contributed by atoms with Crippen LogP contribution in [0.4, 0.5) is 5.69 Å². The van der Waals surface area contributed by atoms with Gasteiger partial charge in [-0.1, -0.05) is 32.9 Å². The van der Waals surface area contributed by atoms with Gasteiger partial charge in [0.15, 0.2) is 0 Å². The van der Waals surface area contributed by atoms with E-state index < -0.39 is 0 Å². The van der Waals surface area contributed by atoms with E-state index in [0.29, 0.717) is 0 Å². The molecule has 0 atom stereocenters. The largest absolute Gasteiger partial charge is 0.399 e. The molecule has 1 rings (SSSR count). The molecule has 0 bridgehead atoms. The molecule has 1 aromatic carbocycles. The molecular formula is C17H31N3. The molecule has 0 fully saturated rings. The number of nitrogens with zero attached hydrogens (tertiary/aromatic N) is 2. The molecule has 3 heteroatoms. The predicted molar refractivity (Wildman–Crippen MR) is 89.1 cm³/mol. The Kier molecular flexibility index (Phi) is 8.31.